The van der Waals surface area contributed by atoms with E-state index < -0.39 is 0 Å². The first kappa shape index (κ1) is 14.8. The number of nitrogens with zero attached hydrogens (tertiary/aromatic N) is 2. The third kappa shape index (κ3) is 3.03. The highest BCUT2D eigenvalue weighted by Gasteiger charge is 2.09. The summed E-state index contributed by atoms with van der Waals surface area (Å²) in [6, 6.07) is 14.9. The summed E-state index contributed by atoms with van der Waals surface area (Å²) in [5.74, 6) is 0. The van der Waals surface area contributed by atoms with E-state index in [1.165, 1.54) is 4.40 Å². The SMILES string of the molecule is C[C@@H](NCc1cc(=O)n2ccccc2n1)c1ccccc1Cl. The van der Waals surface area contributed by atoms with Gasteiger partial charge in [0.05, 0.1) is 5.69 Å². The van der Waals surface area contributed by atoms with Gasteiger partial charge in [-0.05, 0) is 30.7 Å². The summed E-state index contributed by atoms with van der Waals surface area (Å²) >= 11 is 6.20. The van der Waals surface area contributed by atoms with Crippen molar-refractivity contribution in [3.05, 3.63) is 81.4 Å². The van der Waals surface area contributed by atoms with Gasteiger partial charge in [-0.25, -0.2) is 4.98 Å². The van der Waals surface area contributed by atoms with Gasteiger partial charge in [-0.1, -0.05) is 35.9 Å². The lowest BCUT2D eigenvalue weighted by Gasteiger charge is -2.15. The van der Waals surface area contributed by atoms with E-state index in [1.807, 2.05) is 49.4 Å². The minimum Gasteiger partial charge on any atom is -0.305 e. The fourth-order valence-corrected chi connectivity index (χ4v) is 2.69. The molecule has 0 saturated heterocycles. The normalized spacial score (nSPS) is 12.5. The number of hydrogen-bond acceptors (Lipinski definition) is 3. The average molecular weight is 314 g/mol. The van der Waals surface area contributed by atoms with Crippen molar-refractivity contribution in [2.45, 2.75) is 19.5 Å². The minimum absolute atomic E-state index is 0.0738. The molecule has 1 N–H and O–H groups in total. The van der Waals surface area contributed by atoms with E-state index in [0.29, 0.717) is 12.2 Å². The number of fused-ring (bicyclic) bond motifs is 1. The van der Waals surface area contributed by atoms with Gasteiger partial charge in [0.25, 0.3) is 5.56 Å². The van der Waals surface area contributed by atoms with Crippen molar-refractivity contribution < 1.29 is 0 Å². The second kappa shape index (κ2) is 6.30. The molecule has 0 aliphatic rings. The Balaban J connectivity index is 1.79. The molecule has 2 aromatic heterocycles. The van der Waals surface area contributed by atoms with Gasteiger partial charge < -0.3 is 5.32 Å². The first-order chi connectivity index (χ1) is 10.6. The molecule has 22 heavy (non-hydrogen) atoms. The van der Waals surface area contributed by atoms with Crippen LogP contribution in [0.2, 0.25) is 5.02 Å². The van der Waals surface area contributed by atoms with E-state index in [4.69, 9.17) is 11.6 Å². The van der Waals surface area contributed by atoms with Crippen molar-refractivity contribution in [3.63, 3.8) is 0 Å². The van der Waals surface area contributed by atoms with Crippen LogP contribution >= 0.6 is 11.6 Å². The molecular weight excluding hydrogens is 298 g/mol. The molecule has 0 fully saturated rings. The van der Waals surface area contributed by atoms with E-state index in [2.05, 4.69) is 10.3 Å². The largest absolute Gasteiger partial charge is 0.305 e. The summed E-state index contributed by atoms with van der Waals surface area (Å²) in [7, 11) is 0. The van der Waals surface area contributed by atoms with E-state index in [-0.39, 0.29) is 11.6 Å². The molecule has 0 radical (unpaired) electrons. The third-order valence-corrected chi connectivity index (χ3v) is 3.93. The van der Waals surface area contributed by atoms with Crippen LogP contribution in [0.25, 0.3) is 5.65 Å². The Morgan fingerprint density at radius 3 is 2.82 bits per heavy atom. The van der Waals surface area contributed by atoms with E-state index in [1.54, 1.807) is 12.3 Å². The lowest BCUT2D eigenvalue weighted by molar-refractivity contribution is 0.567. The minimum atomic E-state index is -0.0761. The van der Waals surface area contributed by atoms with Gasteiger partial charge >= 0.3 is 0 Å². The van der Waals surface area contributed by atoms with Crippen LogP contribution in [0.3, 0.4) is 0 Å². The highest BCUT2D eigenvalue weighted by Crippen LogP contribution is 2.22. The van der Waals surface area contributed by atoms with Crippen LogP contribution in [0.15, 0.2) is 59.5 Å². The molecule has 0 bridgehead atoms. The number of halogens is 1. The number of nitrogens with one attached hydrogen (secondary N) is 1. The Bertz CT molecular complexity index is 860. The predicted octanol–water partition coefficient (Wildman–Crippen LogP) is 3.20. The molecule has 5 heteroatoms. The van der Waals surface area contributed by atoms with Gasteiger partial charge in [-0.15, -0.1) is 0 Å². The maximum atomic E-state index is 12.0. The summed E-state index contributed by atoms with van der Waals surface area (Å²) in [4.78, 5) is 16.5. The summed E-state index contributed by atoms with van der Waals surface area (Å²) in [6.07, 6.45) is 1.72. The molecule has 1 aromatic carbocycles. The van der Waals surface area contributed by atoms with Crippen molar-refractivity contribution >= 4 is 17.2 Å². The van der Waals surface area contributed by atoms with Crippen LogP contribution in [0.5, 0.6) is 0 Å². The van der Waals surface area contributed by atoms with Crippen LogP contribution in [-0.4, -0.2) is 9.38 Å². The zero-order valence-electron chi connectivity index (χ0n) is 12.2. The molecule has 1 atom stereocenters. The van der Waals surface area contributed by atoms with Gasteiger partial charge in [0, 0.05) is 29.9 Å². The monoisotopic (exact) mass is 313 g/mol. The first-order valence-corrected chi connectivity index (χ1v) is 7.48. The second-order valence-corrected chi connectivity index (χ2v) is 5.55. The molecule has 0 amide bonds. The summed E-state index contributed by atoms with van der Waals surface area (Å²) in [5, 5.41) is 4.08. The number of aromatic nitrogens is 2. The Kier molecular flexibility index (Phi) is 4.22. The number of benzene rings is 1. The van der Waals surface area contributed by atoms with Gasteiger partial charge in [-0.2, -0.15) is 0 Å². The molecular formula is C17H16ClN3O. The second-order valence-electron chi connectivity index (χ2n) is 5.14. The van der Waals surface area contributed by atoms with Gasteiger partial charge in [0.15, 0.2) is 0 Å². The smallest absolute Gasteiger partial charge is 0.258 e. The fraction of sp³-hybridized carbons (Fsp3) is 0.176. The summed E-state index contributed by atoms with van der Waals surface area (Å²) in [5.41, 5.74) is 2.32. The van der Waals surface area contributed by atoms with Crippen molar-refractivity contribution in [1.29, 1.82) is 0 Å². The maximum Gasteiger partial charge on any atom is 0.258 e. The molecule has 0 saturated carbocycles. The quantitative estimate of drug-likeness (QED) is 0.804. The molecule has 0 aliphatic heterocycles. The molecule has 2 heterocycles. The van der Waals surface area contributed by atoms with E-state index in [9.17, 15) is 4.79 Å². The molecule has 4 nitrogen and oxygen atoms in total. The number of hydrogen-bond donors (Lipinski definition) is 1. The van der Waals surface area contributed by atoms with Crippen molar-refractivity contribution in [3.8, 4) is 0 Å². The maximum absolute atomic E-state index is 12.0. The zero-order valence-corrected chi connectivity index (χ0v) is 12.9. The average Bonchev–Trinajstić information content (AvgIpc) is 2.53. The van der Waals surface area contributed by atoms with Crippen LogP contribution in [0.4, 0.5) is 0 Å². The summed E-state index contributed by atoms with van der Waals surface area (Å²) in [6.45, 7) is 2.54. The Hall–Kier alpha value is -2.17. The Morgan fingerprint density at radius 1 is 1.23 bits per heavy atom. The Labute approximate surface area is 133 Å². The fourth-order valence-electron chi connectivity index (χ4n) is 2.39. The molecule has 3 aromatic rings. The van der Waals surface area contributed by atoms with Gasteiger partial charge in [0.1, 0.15) is 5.65 Å². The molecule has 3 rings (SSSR count). The van der Waals surface area contributed by atoms with E-state index in [0.717, 1.165) is 16.3 Å². The Morgan fingerprint density at radius 2 is 2.00 bits per heavy atom. The number of rotatable bonds is 4. The van der Waals surface area contributed by atoms with Crippen molar-refractivity contribution in [2.24, 2.45) is 0 Å². The van der Waals surface area contributed by atoms with Crippen LogP contribution in [0.1, 0.15) is 24.2 Å². The number of pyridine rings is 1. The summed E-state index contributed by atoms with van der Waals surface area (Å²) < 4.78 is 1.53. The standard InChI is InChI=1S/C17H16ClN3O/c1-12(14-6-2-3-7-15(14)18)19-11-13-10-17(22)21-9-5-4-8-16(21)20-13/h2-10,12,19H,11H2,1H3/t12-/m1/s1. The topological polar surface area (TPSA) is 46.4 Å². The molecule has 0 unspecified atom stereocenters. The van der Waals surface area contributed by atoms with E-state index >= 15 is 0 Å². The highest BCUT2D eigenvalue weighted by molar-refractivity contribution is 6.31. The van der Waals surface area contributed by atoms with Crippen molar-refractivity contribution in [1.82, 2.24) is 14.7 Å². The van der Waals surface area contributed by atoms with Crippen LogP contribution in [0, 0.1) is 0 Å². The first-order valence-electron chi connectivity index (χ1n) is 7.10. The van der Waals surface area contributed by atoms with Crippen LogP contribution < -0.4 is 10.9 Å². The molecule has 0 spiro atoms. The van der Waals surface area contributed by atoms with Gasteiger partial charge in [-0.3, -0.25) is 9.20 Å². The lowest BCUT2D eigenvalue weighted by atomic mass is 10.1. The third-order valence-electron chi connectivity index (χ3n) is 3.59. The zero-order chi connectivity index (χ0) is 15.5. The highest BCUT2D eigenvalue weighted by atomic mass is 35.5. The van der Waals surface area contributed by atoms with Crippen LogP contribution in [-0.2, 0) is 6.54 Å². The van der Waals surface area contributed by atoms with Crippen molar-refractivity contribution in [2.75, 3.05) is 0 Å². The lowest BCUT2D eigenvalue weighted by Crippen LogP contribution is -2.22. The predicted molar refractivity (Wildman–Crippen MR) is 88.2 cm³/mol. The molecule has 112 valence electrons. The molecule has 0 aliphatic carbocycles. The van der Waals surface area contributed by atoms with Gasteiger partial charge in [0.2, 0.25) is 0 Å².